The summed E-state index contributed by atoms with van der Waals surface area (Å²) in [7, 11) is 1.52. The molecule has 8 nitrogen and oxygen atoms in total. The molecule has 0 aliphatic heterocycles. The van der Waals surface area contributed by atoms with Crippen molar-refractivity contribution in [2.24, 2.45) is 0 Å². The molecule has 0 bridgehead atoms. The Balaban J connectivity index is 0.000000187. The zero-order valence-corrected chi connectivity index (χ0v) is 28.3. The molecule has 7 aromatic rings. The molecular formula is C32H19Cl2F6N7OS2. The number of aromatic nitrogens is 6. The summed E-state index contributed by atoms with van der Waals surface area (Å²) in [6, 6.07) is 17.6. The number of halogens is 8. The maximum absolute atomic E-state index is 13.3. The molecule has 0 spiro atoms. The third-order valence-corrected chi connectivity index (χ3v) is 9.49. The van der Waals surface area contributed by atoms with Gasteiger partial charge in [0, 0.05) is 24.3 Å². The largest absolute Gasteiger partial charge is 0.495 e. The zero-order valence-electron chi connectivity index (χ0n) is 25.1. The summed E-state index contributed by atoms with van der Waals surface area (Å²) >= 11 is 13.2. The van der Waals surface area contributed by atoms with Crippen molar-refractivity contribution in [1.82, 2.24) is 29.9 Å². The molecular weight excluding hydrogens is 747 g/mol. The number of benzene rings is 1. The van der Waals surface area contributed by atoms with Crippen LogP contribution in [-0.4, -0.2) is 37.0 Å². The van der Waals surface area contributed by atoms with Gasteiger partial charge in [-0.25, -0.2) is 19.9 Å². The van der Waals surface area contributed by atoms with Gasteiger partial charge >= 0.3 is 12.4 Å². The van der Waals surface area contributed by atoms with Crippen molar-refractivity contribution in [1.29, 1.82) is 0 Å². The summed E-state index contributed by atoms with van der Waals surface area (Å²) in [6.45, 7) is 0.300. The number of pyridine rings is 2. The van der Waals surface area contributed by atoms with Crippen LogP contribution in [0.25, 0.3) is 43.5 Å². The van der Waals surface area contributed by atoms with Gasteiger partial charge in [0.1, 0.15) is 47.5 Å². The molecule has 7 rings (SSSR count). The highest BCUT2D eigenvalue weighted by molar-refractivity contribution is 7.19. The number of rotatable bonds is 6. The van der Waals surface area contributed by atoms with Crippen molar-refractivity contribution in [3.8, 4) is 28.8 Å². The summed E-state index contributed by atoms with van der Waals surface area (Å²) in [5.74, 6) is 1.28. The lowest BCUT2D eigenvalue weighted by Crippen LogP contribution is -2.04. The topological polar surface area (TPSA) is 98.6 Å². The van der Waals surface area contributed by atoms with E-state index < -0.39 is 22.1 Å². The fraction of sp³-hybridized carbons (Fsp3) is 0.125. The lowest BCUT2D eigenvalue weighted by atomic mass is 10.2. The van der Waals surface area contributed by atoms with Crippen LogP contribution in [0.5, 0.6) is 5.75 Å². The van der Waals surface area contributed by atoms with Gasteiger partial charge in [0.15, 0.2) is 11.6 Å². The molecule has 0 atom stereocenters. The number of alkyl halides is 6. The van der Waals surface area contributed by atoms with Gasteiger partial charge < -0.3 is 10.1 Å². The van der Waals surface area contributed by atoms with Crippen molar-refractivity contribution < 1.29 is 31.1 Å². The summed E-state index contributed by atoms with van der Waals surface area (Å²) in [5.41, 5.74) is 1.74. The van der Waals surface area contributed by atoms with Gasteiger partial charge in [0.05, 0.1) is 17.5 Å². The number of ether oxygens (including phenoxy) is 1. The van der Waals surface area contributed by atoms with Crippen molar-refractivity contribution in [3.05, 3.63) is 105 Å². The van der Waals surface area contributed by atoms with E-state index in [1.54, 1.807) is 60.9 Å². The van der Waals surface area contributed by atoms with E-state index in [0.29, 0.717) is 62.6 Å². The molecule has 1 aromatic carbocycles. The van der Waals surface area contributed by atoms with Crippen molar-refractivity contribution in [2.75, 3.05) is 12.4 Å². The van der Waals surface area contributed by atoms with E-state index in [-0.39, 0.29) is 31.8 Å². The van der Waals surface area contributed by atoms with Gasteiger partial charge in [-0.05, 0) is 54.1 Å². The first-order chi connectivity index (χ1) is 23.8. The molecule has 256 valence electrons. The van der Waals surface area contributed by atoms with Gasteiger partial charge in [-0.2, -0.15) is 26.3 Å². The second kappa shape index (κ2) is 14.3. The maximum atomic E-state index is 13.3. The number of nitrogens with one attached hydrogen (secondary N) is 1. The van der Waals surface area contributed by atoms with E-state index in [0.717, 1.165) is 17.7 Å². The second-order valence-corrected chi connectivity index (χ2v) is 13.0. The van der Waals surface area contributed by atoms with Gasteiger partial charge in [-0.15, -0.1) is 22.7 Å². The van der Waals surface area contributed by atoms with Crippen LogP contribution in [0.2, 0.25) is 10.2 Å². The summed E-state index contributed by atoms with van der Waals surface area (Å²) in [5, 5.41) is 4.03. The first-order valence-corrected chi connectivity index (χ1v) is 16.5. The summed E-state index contributed by atoms with van der Waals surface area (Å²) < 4.78 is 83.0. The average Bonchev–Trinajstić information content (AvgIpc) is 3.74. The minimum atomic E-state index is -4.46. The molecule has 1 N–H and O–H groups in total. The number of nitrogens with zero attached hydrogens (tertiary/aromatic N) is 6. The van der Waals surface area contributed by atoms with Crippen LogP contribution in [0.4, 0.5) is 32.2 Å². The van der Waals surface area contributed by atoms with E-state index in [4.69, 9.17) is 27.9 Å². The van der Waals surface area contributed by atoms with Crippen LogP contribution in [0, 0.1) is 0 Å². The predicted octanol–water partition coefficient (Wildman–Crippen LogP) is 10.5. The van der Waals surface area contributed by atoms with Crippen LogP contribution >= 0.6 is 45.9 Å². The molecule has 0 saturated heterocycles. The first-order valence-electron chi connectivity index (χ1n) is 14.1. The number of anilines is 1. The minimum Gasteiger partial charge on any atom is -0.495 e. The smallest absolute Gasteiger partial charge is 0.425 e. The fourth-order valence-electron chi connectivity index (χ4n) is 4.45. The number of hydrogen-bond donors (Lipinski definition) is 1. The Labute approximate surface area is 296 Å². The number of fused-ring (bicyclic) bond motifs is 2. The predicted molar refractivity (Wildman–Crippen MR) is 182 cm³/mol. The molecule has 18 heteroatoms. The van der Waals surface area contributed by atoms with Gasteiger partial charge in [0.2, 0.25) is 0 Å². The molecule has 0 amide bonds. The van der Waals surface area contributed by atoms with E-state index in [1.807, 2.05) is 6.07 Å². The third-order valence-electron chi connectivity index (χ3n) is 6.76. The fourth-order valence-corrected chi connectivity index (χ4v) is 6.80. The first kappa shape index (κ1) is 35.2. The van der Waals surface area contributed by atoms with Crippen LogP contribution in [0.15, 0.2) is 79.1 Å². The zero-order chi connectivity index (χ0) is 35.6. The molecule has 0 aliphatic rings. The standard InChI is InChI=1S/C20H14ClF3N4OS.C12H5ClF3N3S/c1-29-15-6-5-11(8-13(15)21)10-26-17-12-9-16(20(22,23)24)30-19(12)28-18(27-17)14-4-2-3-7-25-14;13-9-6-5-8(12(14,15)16)20-11(6)19-10(18-9)7-3-1-2-4-17-7/h2-9H,10H2,1H3,(H,26,27,28);1-5H. The Morgan fingerprint density at radius 3 is 1.78 bits per heavy atom. The Bertz CT molecular complexity index is 2290. The van der Waals surface area contributed by atoms with Crippen molar-refractivity contribution >= 4 is 72.1 Å². The second-order valence-electron chi connectivity index (χ2n) is 10.1. The lowest BCUT2D eigenvalue weighted by Gasteiger charge is -2.10. The van der Waals surface area contributed by atoms with E-state index in [1.165, 1.54) is 7.11 Å². The number of methoxy groups -OCH3 is 1. The lowest BCUT2D eigenvalue weighted by molar-refractivity contribution is -0.135. The van der Waals surface area contributed by atoms with Crippen LogP contribution in [-0.2, 0) is 18.9 Å². The van der Waals surface area contributed by atoms with Crippen LogP contribution < -0.4 is 10.1 Å². The van der Waals surface area contributed by atoms with E-state index in [2.05, 4.69) is 35.2 Å². The number of thiophene rings is 2. The Morgan fingerprint density at radius 1 is 0.700 bits per heavy atom. The Morgan fingerprint density at radius 2 is 1.26 bits per heavy atom. The van der Waals surface area contributed by atoms with Gasteiger partial charge in [-0.1, -0.05) is 41.4 Å². The number of hydrogen-bond acceptors (Lipinski definition) is 10. The molecule has 50 heavy (non-hydrogen) atoms. The van der Waals surface area contributed by atoms with Gasteiger partial charge in [-0.3, -0.25) is 9.97 Å². The molecule has 0 fully saturated rings. The molecule has 0 saturated carbocycles. The molecule has 6 heterocycles. The molecule has 0 unspecified atom stereocenters. The average molecular weight is 767 g/mol. The van der Waals surface area contributed by atoms with Crippen LogP contribution in [0.3, 0.4) is 0 Å². The highest BCUT2D eigenvalue weighted by Crippen LogP contribution is 2.41. The van der Waals surface area contributed by atoms with E-state index in [9.17, 15) is 26.3 Å². The normalized spacial score (nSPS) is 11.8. The molecule has 0 radical (unpaired) electrons. The van der Waals surface area contributed by atoms with Crippen molar-refractivity contribution in [3.63, 3.8) is 0 Å². The Kier molecular flexibility index (Phi) is 10.1. The minimum absolute atomic E-state index is 0.0117. The summed E-state index contributed by atoms with van der Waals surface area (Å²) in [4.78, 5) is 24.0. The highest BCUT2D eigenvalue weighted by atomic mass is 35.5. The van der Waals surface area contributed by atoms with Crippen molar-refractivity contribution in [2.45, 2.75) is 18.9 Å². The SMILES string of the molecule is COc1ccc(CNc2nc(-c3ccccn3)nc3sc(C(F)(F)F)cc23)cc1Cl.FC(F)(F)c1cc2c(Cl)nc(-c3ccccn3)nc2s1. The highest BCUT2D eigenvalue weighted by Gasteiger charge is 2.34. The third kappa shape index (κ3) is 7.88. The van der Waals surface area contributed by atoms with Gasteiger partial charge in [0.25, 0.3) is 0 Å². The van der Waals surface area contributed by atoms with Crippen LogP contribution in [0.1, 0.15) is 15.3 Å². The molecule has 0 aliphatic carbocycles. The van der Waals surface area contributed by atoms with E-state index >= 15 is 0 Å². The monoisotopic (exact) mass is 765 g/mol. The molecule has 6 aromatic heterocycles. The maximum Gasteiger partial charge on any atom is 0.425 e. The summed E-state index contributed by atoms with van der Waals surface area (Å²) in [6.07, 6.45) is -5.76. The quantitative estimate of drug-likeness (QED) is 0.132. The Hall–Kier alpha value is -4.64.